The van der Waals surface area contributed by atoms with Gasteiger partial charge < -0.3 is 0 Å². The van der Waals surface area contributed by atoms with E-state index >= 15 is 0 Å². The molecule has 4 rings (SSSR count). The Morgan fingerprint density at radius 1 is 0.600 bits per heavy atom. The summed E-state index contributed by atoms with van der Waals surface area (Å²) in [7, 11) is 0. The fourth-order valence-corrected chi connectivity index (χ4v) is 4.28. The van der Waals surface area contributed by atoms with Crippen LogP contribution in [0, 0.1) is 55.4 Å². The van der Waals surface area contributed by atoms with Crippen LogP contribution in [0.4, 0.5) is 0 Å². The molecule has 3 heteroatoms. The lowest BCUT2D eigenvalue weighted by Gasteiger charge is -2.14. The number of hydrogen-bond acceptors (Lipinski definition) is 2. The van der Waals surface area contributed by atoms with Gasteiger partial charge in [0.1, 0.15) is 5.82 Å². The van der Waals surface area contributed by atoms with E-state index < -0.39 is 0 Å². The Morgan fingerprint density at radius 2 is 1.08 bits per heavy atom. The van der Waals surface area contributed by atoms with Crippen LogP contribution < -0.4 is 0 Å². The molecule has 2 aromatic carbocycles. The second kappa shape index (κ2) is 4.81. The highest BCUT2D eigenvalue weighted by Crippen LogP contribution is 2.43. The van der Waals surface area contributed by atoms with Crippen molar-refractivity contribution in [3.63, 3.8) is 0 Å². The zero-order valence-electron chi connectivity index (χ0n) is 16.3. The predicted octanol–water partition coefficient (Wildman–Crippen LogP) is 5.17. The molecule has 0 spiro atoms. The number of aromatic nitrogens is 2. The van der Waals surface area contributed by atoms with Gasteiger partial charge in [-0.25, -0.2) is 4.98 Å². The van der Waals surface area contributed by atoms with Crippen LogP contribution >= 0.6 is 0 Å². The van der Waals surface area contributed by atoms with Gasteiger partial charge in [0.2, 0.25) is 0 Å². The lowest BCUT2D eigenvalue weighted by atomic mass is 9.89. The summed E-state index contributed by atoms with van der Waals surface area (Å²) in [5.41, 5.74) is 13.4. The van der Waals surface area contributed by atoms with Crippen molar-refractivity contribution < 1.29 is 4.79 Å². The van der Waals surface area contributed by atoms with Gasteiger partial charge in [-0.3, -0.25) is 9.36 Å². The summed E-state index contributed by atoms with van der Waals surface area (Å²) in [4.78, 5) is 18.3. The van der Waals surface area contributed by atoms with Crippen LogP contribution in [0.5, 0.6) is 0 Å². The van der Waals surface area contributed by atoms with E-state index in [1.165, 1.54) is 33.4 Å². The number of aryl methyl sites for hydroxylation is 2. The van der Waals surface area contributed by atoms with Crippen molar-refractivity contribution in [1.29, 1.82) is 0 Å². The van der Waals surface area contributed by atoms with Crippen molar-refractivity contribution in [3.8, 4) is 11.4 Å². The summed E-state index contributed by atoms with van der Waals surface area (Å²) >= 11 is 0. The number of benzene rings is 2. The zero-order chi connectivity index (χ0) is 18.4. The van der Waals surface area contributed by atoms with Crippen molar-refractivity contribution >= 4 is 16.9 Å². The van der Waals surface area contributed by atoms with Crippen molar-refractivity contribution in [2.75, 3.05) is 0 Å². The molecule has 0 fully saturated rings. The largest absolute Gasteiger partial charge is 0.268 e. The van der Waals surface area contributed by atoms with E-state index in [-0.39, 0.29) is 5.91 Å². The molecular formula is C22H24N2O. The molecule has 1 aliphatic heterocycles. The summed E-state index contributed by atoms with van der Waals surface area (Å²) < 4.78 is 1.85. The third-order valence-corrected chi connectivity index (χ3v) is 6.60. The van der Waals surface area contributed by atoms with Gasteiger partial charge in [0, 0.05) is 5.56 Å². The molecule has 0 N–H and O–H groups in total. The van der Waals surface area contributed by atoms with Crippen molar-refractivity contribution in [3.05, 3.63) is 50.1 Å². The minimum absolute atomic E-state index is 0.0713. The molecule has 3 nitrogen and oxygen atoms in total. The predicted molar refractivity (Wildman–Crippen MR) is 103 cm³/mol. The topological polar surface area (TPSA) is 34.9 Å². The van der Waals surface area contributed by atoms with Crippen LogP contribution in [0.3, 0.4) is 0 Å². The minimum Gasteiger partial charge on any atom is -0.268 e. The van der Waals surface area contributed by atoms with Crippen LogP contribution in [0.1, 0.15) is 54.9 Å². The molecule has 3 aromatic rings. The number of fused-ring (bicyclic) bond motifs is 5. The van der Waals surface area contributed by atoms with Gasteiger partial charge in [0.25, 0.3) is 5.91 Å². The Kier molecular flexibility index (Phi) is 3.09. The molecule has 0 unspecified atom stereocenters. The van der Waals surface area contributed by atoms with E-state index in [1.807, 2.05) is 4.57 Å². The lowest BCUT2D eigenvalue weighted by Crippen LogP contribution is -2.10. The Labute approximate surface area is 148 Å². The fourth-order valence-electron chi connectivity index (χ4n) is 4.28. The third kappa shape index (κ3) is 1.71. The third-order valence-electron chi connectivity index (χ3n) is 6.60. The minimum atomic E-state index is 0.0713. The van der Waals surface area contributed by atoms with Gasteiger partial charge in [-0.05, 0) is 99.9 Å². The summed E-state index contributed by atoms with van der Waals surface area (Å²) in [5.74, 6) is 0.886. The smallest absolute Gasteiger partial charge is 0.265 e. The Morgan fingerprint density at radius 3 is 1.68 bits per heavy atom. The molecule has 1 aromatic heterocycles. The maximum atomic E-state index is 13.4. The van der Waals surface area contributed by atoms with E-state index in [1.54, 1.807) is 0 Å². The van der Waals surface area contributed by atoms with Gasteiger partial charge in [-0.15, -0.1) is 0 Å². The van der Waals surface area contributed by atoms with Crippen LogP contribution in [-0.4, -0.2) is 15.5 Å². The van der Waals surface area contributed by atoms with E-state index in [2.05, 4.69) is 55.4 Å². The standard InChI is InChI=1S/C22H24N2O/c1-9-10(2)14(6)18-17(13(9)5)21-23-19-15(7)11(3)12(4)16(8)20(19)24(21)22(18)25/h1-8H3. The molecule has 0 bridgehead atoms. The van der Waals surface area contributed by atoms with Gasteiger partial charge >= 0.3 is 0 Å². The van der Waals surface area contributed by atoms with Gasteiger partial charge in [0.15, 0.2) is 0 Å². The van der Waals surface area contributed by atoms with Crippen molar-refractivity contribution in [2.45, 2.75) is 55.4 Å². The molecular weight excluding hydrogens is 308 g/mol. The van der Waals surface area contributed by atoms with Crippen LogP contribution in [0.15, 0.2) is 0 Å². The SMILES string of the molecule is Cc1c(C)c(C)c2c(c1C)C(=O)n1c-2nc2c(C)c(C)c(C)c(C)c21. The Bertz CT molecular complexity index is 1130. The second-order valence-electron chi connectivity index (χ2n) is 7.52. The molecule has 0 saturated heterocycles. The average Bonchev–Trinajstić information content (AvgIpc) is 3.10. The highest BCUT2D eigenvalue weighted by Gasteiger charge is 2.35. The van der Waals surface area contributed by atoms with E-state index in [9.17, 15) is 4.79 Å². The Hall–Kier alpha value is -2.42. The van der Waals surface area contributed by atoms with Gasteiger partial charge in [-0.2, -0.15) is 0 Å². The zero-order valence-corrected chi connectivity index (χ0v) is 16.3. The lowest BCUT2D eigenvalue weighted by molar-refractivity contribution is 0.0972. The van der Waals surface area contributed by atoms with Crippen LogP contribution in [0.2, 0.25) is 0 Å². The normalized spacial score (nSPS) is 12.9. The monoisotopic (exact) mass is 332 g/mol. The average molecular weight is 332 g/mol. The highest BCUT2D eigenvalue weighted by atomic mass is 16.2. The first-order valence-corrected chi connectivity index (χ1v) is 8.82. The van der Waals surface area contributed by atoms with E-state index in [0.29, 0.717) is 0 Å². The van der Waals surface area contributed by atoms with E-state index in [4.69, 9.17) is 4.98 Å². The number of carbonyl (C=O) groups is 1. The van der Waals surface area contributed by atoms with Gasteiger partial charge in [0.05, 0.1) is 16.6 Å². The summed E-state index contributed by atoms with van der Waals surface area (Å²) in [6.07, 6.45) is 0. The molecule has 2 heterocycles. The van der Waals surface area contributed by atoms with Crippen LogP contribution in [0.25, 0.3) is 22.4 Å². The number of nitrogens with zero attached hydrogens (tertiary/aromatic N) is 2. The first-order valence-electron chi connectivity index (χ1n) is 8.82. The van der Waals surface area contributed by atoms with E-state index in [0.717, 1.165) is 39.1 Å². The molecule has 0 aliphatic carbocycles. The van der Waals surface area contributed by atoms with Crippen LogP contribution in [-0.2, 0) is 0 Å². The highest BCUT2D eigenvalue weighted by molar-refractivity contribution is 6.15. The molecule has 0 radical (unpaired) electrons. The first kappa shape index (κ1) is 16.1. The number of imidazole rings is 1. The fraction of sp³-hybridized carbons (Fsp3) is 0.364. The molecule has 1 aliphatic rings. The molecule has 25 heavy (non-hydrogen) atoms. The second-order valence-corrected chi connectivity index (χ2v) is 7.52. The maximum absolute atomic E-state index is 13.4. The number of carbonyl (C=O) groups excluding carboxylic acids is 1. The molecule has 0 amide bonds. The molecule has 128 valence electrons. The number of hydrogen-bond donors (Lipinski definition) is 0. The van der Waals surface area contributed by atoms with Crippen molar-refractivity contribution in [1.82, 2.24) is 9.55 Å². The summed E-state index contributed by atoms with van der Waals surface area (Å²) in [6, 6.07) is 0. The summed E-state index contributed by atoms with van der Waals surface area (Å²) in [5, 5.41) is 0. The number of rotatable bonds is 0. The molecule has 0 atom stereocenters. The van der Waals surface area contributed by atoms with Crippen molar-refractivity contribution in [2.24, 2.45) is 0 Å². The first-order chi connectivity index (χ1) is 11.7. The molecule has 0 saturated carbocycles. The summed E-state index contributed by atoms with van der Waals surface area (Å²) in [6.45, 7) is 16.9. The van der Waals surface area contributed by atoms with Gasteiger partial charge in [-0.1, -0.05) is 0 Å². The quantitative estimate of drug-likeness (QED) is 0.445. The maximum Gasteiger partial charge on any atom is 0.265 e. The Balaban J connectivity index is 2.24.